The number of aromatic nitrogens is 5. The number of nitrogens with one attached hydrogen (secondary N) is 1. The summed E-state index contributed by atoms with van der Waals surface area (Å²) in [5.74, 6) is -0.00885. The van der Waals surface area contributed by atoms with Gasteiger partial charge in [0.25, 0.3) is 5.95 Å². The molecule has 0 saturated heterocycles. The number of anilines is 2. The topological polar surface area (TPSA) is 68.5 Å². The molecule has 0 unspecified atom stereocenters. The predicted octanol–water partition coefficient (Wildman–Crippen LogP) is 2.90. The van der Waals surface area contributed by atoms with Crippen LogP contribution in [0.1, 0.15) is 5.56 Å². The highest BCUT2D eigenvalue weighted by Gasteiger charge is 2.09. The molecule has 0 aliphatic rings. The Morgan fingerprint density at radius 2 is 2.10 bits per heavy atom. The molecule has 2 aromatic heterocycles. The Morgan fingerprint density at radius 3 is 2.81 bits per heavy atom. The van der Waals surface area contributed by atoms with Crippen LogP contribution in [0.25, 0.3) is 5.95 Å². The third-order valence-electron chi connectivity index (χ3n) is 2.68. The molecule has 2 heterocycles. The van der Waals surface area contributed by atoms with Crippen LogP contribution in [0.15, 0.2) is 36.7 Å². The molecule has 0 amide bonds. The van der Waals surface area contributed by atoms with Crippen LogP contribution in [0.5, 0.6) is 0 Å². The standard InChI is InChI=1S/C13H10ClFN6/c1-8-3-4-10(9(15)7-8)17-12-18-11(14)19-13(20-12)21-6-2-5-16-21/h2-7H,1H3,(H,17,18,19,20). The van der Waals surface area contributed by atoms with Crippen molar-refractivity contribution in [2.24, 2.45) is 0 Å². The second kappa shape index (κ2) is 5.45. The number of benzene rings is 1. The fraction of sp³-hybridized carbons (Fsp3) is 0.0769. The van der Waals surface area contributed by atoms with Gasteiger partial charge in [0, 0.05) is 12.4 Å². The minimum absolute atomic E-state index is 0.00878. The Labute approximate surface area is 124 Å². The van der Waals surface area contributed by atoms with E-state index in [2.05, 4.69) is 25.4 Å². The summed E-state index contributed by atoms with van der Waals surface area (Å²) in [6.45, 7) is 1.81. The highest BCUT2D eigenvalue weighted by atomic mass is 35.5. The van der Waals surface area contributed by atoms with Gasteiger partial charge >= 0.3 is 0 Å². The van der Waals surface area contributed by atoms with Crippen LogP contribution in [0.3, 0.4) is 0 Å². The van der Waals surface area contributed by atoms with Gasteiger partial charge in [-0.1, -0.05) is 6.07 Å². The lowest BCUT2D eigenvalue weighted by Gasteiger charge is -2.08. The first-order valence-corrected chi connectivity index (χ1v) is 6.44. The zero-order valence-corrected chi connectivity index (χ0v) is 11.7. The smallest absolute Gasteiger partial charge is 0.256 e. The van der Waals surface area contributed by atoms with Crippen molar-refractivity contribution in [3.8, 4) is 5.95 Å². The molecule has 0 fully saturated rings. The first-order valence-electron chi connectivity index (χ1n) is 6.06. The third kappa shape index (κ3) is 2.97. The molecule has 106 valence electrons. The van der Waals surface area contributed by atoms with Crippen LogP contribution in [-0.4, -0.2) is 24.7 Å². The first-order chi connectivity index (χ1) is 10.1. The van der Waals surface area contributed by atoms with Gasteiger partial charge < -0.3 is 5.32 Å². The molecule has 0 saturated carbocycles. The van der Waals surface area contributed by atoms with Crippen molar-refractivity contribution in [3.05, 3.63) is 53.3 Å². The van der Waals surface area contributed by atoms with Crippen LogP contribution in [0.2, 0.25) is 5.28 Å². The number of hydrogen-bond donors (Lipinski definition) is 1. The minimum atomic E-state index is -0.396. The fourth-order valence-corrected chi connectivity index (χ4v) is 1.88. The largest absolute Gasteiger partial charge is 0.321 e. The lowest BCUT2D eigenvalue weighted by Crippen LogP contribution is -2.07. The van der Waals surface area contributed by atoms with E-state index in [1.54, 1.807) is 30.6 Å². The van der Waals surface area contributed by atoms with E-state index in [-0.39, 0.29) is 22.9 Å². The number of aryl methyl sites for hydroxylation is 1. The molecule has 3 aromatic rings. The van der Waals surface area contributed by atoms with Crippen molar-refractivity contribution in [1.29, 1.82) is 0 Å². The highest BCUT2D eigenvalue weighted by Crippen LogP contribution is 2.19. The molecule has 1 aromatic carbocycles. The van der Waals surface area contributed by atoms with Crippen molar-refractivity contribution in [3.63, 3.8) is 0 Å². The van der Waals surface area contributed by atoms with Crippen molar-refractivity contribution in [2.45, 2.75) is 6.92 Å². The van der Waals surface area contributed by atoms with Gasteiger partial charge in [0.15, 0.2) is 0 Å². The van der Waals surface area contributed by atoms with Crippen LogP contribution in [0, 0.1) is 12.7 Å². The first kappa shape index (κ1) is 13.4. The molecular formula is C13H10ClFN6. The Bertz CT molecular complexity index is 774. The number of rotatable bonds is 3. The third-order valence-corrected chi connectivity index (χ3v) is 2.85. The van der Waals surface area contributed by atoms with E-state index in [1.165, 1.54) is 10.7 Å². The number of nitrogens with zero attached hydrogens (tertiary/aromatic N) is 5. The van der Waals surface area contributed by atoms with Crippen molar-refractivity contribution in [1.82, 2.24) is 24.7 Å². The van der Waals surface area contributed by atoms with Crippen LogP contribution >= 0.6 is 11.6 Å². The summed E-state index contributed by atoms with van der Waals surface area (Å²) in [5.41, 5.74) is 1.08. The van der Waals surface area contributed by atoms with Gasteiger partial charge in [-0.2, -0.15) is 20.1 Å². The Hall–Kier alpha value is -2.54. The molecule has 8 heteroatoms. The lowest BCUT2D eigenvalue weighted by atomic mass is 10.2. The van der Waals surface area contributed by atoms with Gasteiger partial charge in [0.2, 0.25) is 11.2 Å². The van der Waals surface area contributed by atoms with E-state index in [1.807, 2.05) is 6.92 Å². The minimum Gasteiger partial charge on any atom is -0.321 e. The van der Waals surface area contributed by atoms with Gasteiger partial charge in [0.1, 0.15) is 5.82 Å². The van der Waals surface area contributed by atoms with E-state index >= 15 is 0 Å². The van der Waals surface area contributed by atoms with Crippen LogP contribution in [-0.2, 0) is 0 Å². The molecule has 21 heavy (non-hydrogen) atoms. The lowest BCUT2D eigenvalue weighted by molar-refractivity contribution is 0.630. The molecule has 0 atom stereocenters. The Kier molecular flexibility index (Phi) is 3.49. The van der Waals surface area contributed by atoms with Gasteiger partial charge in [-0.15, -0.1) is 0 Å². The maximum Gasteiger partial charge on any atom is 0.256 e. The molecular weight excluding hydrogens is 295 g/mol. The normalized spacial score (nSPS) is 10.6. The summed E-state index contributed by atoms with van der Waals surface area (Å²) in [6.07, 6.45) is 3.26. The summed E-state index contributed by atoms with van der Waals surface area (Å²) in [6, 6.07) is 6.53. The molecule has 3 rings (SSSR count). The van der Waals surface area contributed by atoms with Gasteiger partial charge in [0.05, 0.1) is 5.69 Å². The molecule has 1 N–H and O–H groups in total. The summed E-state index contributed by atoms with van der Waals surface area (Å²) in [7, 11) is 0. The van der Waals surface area contributed by atoms with Gasteiger partial charge in [-0.25, -0.2) is 9.07 Å². The van der Waals surface area contributed by atoms with Crippen molar-refractivity contribution >= 4 is 23.2 Å². The summed E-state index contributed by atoms with van der Waals surface area (Å²) >= 11 is 5.86. The molecule has 0 aliphatic carbocycles. The van der Waals surface area contributed by atoms with E-state index in [0.29, 0.717) is 0 Å². The molecule has 0 aliphatic heterocycles. The number of hydrogen-bond acceptors (Lipinski definition) is 5. The average Bonchev–Trinajstić information content (AvgIpc) is 2.95. The fourth-order valence-electron chi connectivity index (χ4n) is 1.73. The van der Waals surface area contributed by atoms with E-state index in [4.69, 9.17) is 11.6 Å². The maximum atomic E-state index is 13.8. The van der Waals surface area contributed by atoms with Crippen LogP contribution < -0.4 is 5.32 Å². The molecule has 0 radical (unpaired) electrons. The molecule has 6 nitrogen and oxygen atoms in total. The van der Waals surface area contributed by atoms with E-state index in [0.717, 1.165) is 5.56 Å². The Morgan fingerprint density at radius 1 is 1.24 bits per heavy atom. The average molecular weight is 305 g/mol. The van der Waals surface area contributed by atoms with E-state index < -0.39 is 5.82 Å². The highest BCUT2D eigenvalue weighted by molar-refractivity contribution is 6.28. The zero-order chi connectivity index (χ0) is 14.8. The quantitative estimate of drug-likeness (QED) is 0.806. The Balaban J connectivity index is 1.95. The zero-order valence-electron chi connectivity index (χ0n) is 11.0. The van der Waals surface area contributed by atoms with Crippen molar-refractivity contribution in [2.75, 3.05) is 5.32 Å². The maximum absolute atomic E-state index is 13.8. The summed E-state index contributed by atoms with van der Waals surface area (Å²) in [4.78, 5) is 12.0. The summed E-state index contributed by atoms with van der Waals surface area (Å²) < 4.78 is 15.3. The second-order valence-electron chi connectivity index (χ2n) is 4.29. The van der Waals surface area contributed by atoms with Gasteiger partial charge in [-0.3, -0.25) is 0 Å². The summed E-state index contributed by atoms with van der Waals surface area (Å²) in [5, 5.41) is 6.78. The molecule has 0 spiro atoms. The van der Waals surface area contributed by atoms with Crippen molar-refractivity contribution < 1.29 is 4.39 Å². The number of halogens is 2. The van der Waals surface area contributed by atoms with Gasteiger partial charge in [-0.05, 0) is 42.3 Å². The SMILES string of the molecule is Cc1ccc(Nc2nc(Cl)nc(-n3cccn3)n2)c(F)c1. The predicted molar refractivity (Wildman–Crippen MR) is 76.4 cm³/mol. The monoisotopic (exact) mass is 304 g/mol. The molecule has 0 bridgehead atoms. The van der Waals surface area contributed by atoms with E-state index in [9.17, 15) is 4.39 Å². The van der Waals surface area contributed by atoms with Crippen LogP contribution in [0.4, 0.5) is 16.0 Å². The second-order valence-corrected chi connectivity index (χ2v) is 4.63.